The average Bonchev–Trinajstić information content (AvgIpc) is 3.31. The molecule has 1 aliphatic rings. The van der Waals surface area contributed by atoms with E-state index in [1.54, 1.807) is 6.26 Å². The zero-order valence-electron chi connectivity index (χ0n) is 14.1. The quantitative estimate of drug-likeness (QED) is 0.598. The number of unbranched alkanes of at least 4 members (excludes halogenated alkanes) is 4. The molecule has 2 aromatic rings. The molecule has 0 bridgehead atoms. The third-order valence-electron chi connectivity index (χ3n) is 4.10. The van der Waals surface area contributed by atoms with E-state index >= 15 is 0 Å². The van der Waals surface area contributed by atoms with Gasteiger partial charge in [0.05, 0.1) is 19.4 Å². The highest BCUT2D eigenvalue weighted by Crippen LogP contribution is 2.16. The monoisotopic (exact) mass is 327 g/mol. The summed E-state index contributed by atoms with van der Waals surface area (Å²) < 4.78 is 16.6. The minimum atomic E-state index is 0.690. The van der Waals surface area contributed by atoms with Crippen molar-refractivity contribution >= 4 is 5.90 Å². The van der Waals surface area contributed by atoms with Gasteiger partial charge in [-0.15, -0.1) is 0 Å². The second-order valence-electron chi connectivity index (χ2n) is 6.01. The molecule has 4 heteroatoms. The fourth-order valence-electron chi connectivity index (χ4n) is 2.78. The maximum absolute atomic E-state index is 5.79. The summed E-state index contributed by atoms with van der Waals surface area (Å²) >= 11 is 0. The van der Waals surface area contributed by atoms with Crippen LogP contribution >= 0.6 is 0 Å². The maximum atomic E-state index is 5.79. The topological polar surface area (TPSA) is 44.0 Å². The Kier molecular flexibility index (Phi) is 6.34. The van der Waals surface area contributed by atoms with Crippen LogP contribution in [0.15, 0.2) is 52.1 Å². The summed E-state index contributed by atoms with van der Waals surface area (Å²) in [5.41, 5.74) is 1.02. The highest BCUT2D eigenvalue weighted by molar-refractivity contribution is 5.94. The number of ether oxygens (including phenoxy) is 2. The van der Waals surface area contributed by atoms with Crippen LogP contribution in [0.5, 0.6) is 5.75 Å². The van der Waals surface area contributed by atoms with E-state index in [2.05, 4.69) is 4.99 Å². The Morgan fingerprint density at radius 2 is 1.79 bits per heavy atom. The Morgan fingerprint density at radius 3 is 2.54 bits per heavy atom. The predicted octanol–water partition coefficient (Wildman–Crippen LogP) is 4.63. The minimum Gasteiger partial charge on any atom is -0.494 e. The molecular weight excluding hydrogens is 302 g/mol. The summed E-state index contributed by atoms with van der Waals surface area (Å²) in [6.45, 7) is 2.22. The lowest BCUT2D eigenvalue weighted by molar-refractivity contribution is 0.304. The molecule has 2 heterocycles. The second-order valence-corrected chi connectivity index (χ2v) is 6.01. The van der Waals surface area contributed by atoms with Gasteiger partial charge >= 0.3 is 0 Å². The number of nitrogens with zero attached hydrogens (tertiary/aromatic N) is 1. The molecule has 1 aliphatic heterocycles. The number of rotatable bonds is 10. The number of aryl methyl sites for hydroxylation is 1. The van der Waals surface area contributed by atoms with Gasteiger partial charge in [-0.1, -0.05) is 19.3 Å². The Labute approximate surface area is 143 Å². The fraction of sp³-hybridized carbons (Fsp3) is 0.450. The van der Waals surface area contributed by atoms with Crippen LogP contribution in [0, 0.1) is 0 Å². The van der Waals surface area contributed by atoms with Crippen molar-refractivity contribution in [2.24, 2.45) is 4.99 Å². The molecule has 0 atom stereocenters. The summed E-state index contributed by atoms with van der Waals surface area (Å²) in [7, 11) is 0. The number of hydrogen-bond acceptors (Lipinski definition) is 4. The van der Waals surface area contributed by atoms with Gasteiger partial charge in [-0.25, -0.2) is 4.99 Å². The van der Waals surface area contributed by atoms with E-state index in [0.717, 1.165) is 49.0 Å². The standard InChI is InChI=1S/C20H25NO3/c1(2-4-7-18-8-6-15-23-18)3-5-14-22-19-11-9-17(10-12-19)20-21-13-16-24-20/h6,8-12,15H,1-5,7,13-14,16H2. The molecule has 0 saturated heterocycles. The predicted molar refractivity (Wildman–Crippen MR) is 94.8 cm³/mol. The van der Waals surface area contributed by atoms with E-state index < -0.39 is 0 Å². The van der Waals surface area contributed by atoms with E-state index in [1.165, 1.54) is 25.7 Å². The summed E-state index contributed by atoms with van der Waals surface area (Å²) in [6, 6.07) is 12.0. The first-order valence-corrected chi connectivity index (χ1v) is 8.85. The second kappa shape index (κ2) is 9.16. The van der Waals surface area contributed by atoms with Crippen molar-refractivity contribution in [2.75, 3.05) is 19.8 Å². The lowest BCUT2D eigenvalue weighted by atomic mass is 10.1. The zero-order valence-corrected chi connectivity index (χ0v) is 14.1. The third kappa shape index (κ3) is 5.15. The molecule has 1 aromatic heterocycles. The van der Waals surface area contributed by atoms with Crippen molar-refractivity contribution in [3.05, 3.63) is 54.0 Å². The third-order valence-corrected chi connectivity index (χ3v) is 4.10. The molecule has 3 rings (SSSR count). The molecular formula is C20H25NO3. The lowest BCUT2D eigenvalue weighted by Gasteiger charge is -2.07. The minimum absolute atomic E-state index is 0.690. The maximum Gasteiger partial charge on any atom is 0.216 e. The summed E-state index contributed by atoms with van der Waals surface area (Å²) in [4.78, 5) is 4.31. The van der Waals surface area contributed by atoms with Gasteiger partial charge < -0.3 is 13.9 Å². The van der Waals surface area contributed by atoms with Gasteiger partial charge in [0.25, 0.3) is 0 Å². The van der Waals surface area contributed by atoms with Gasteiger partial charge in [0.2, 0.25) is 5.90 Å². The van der Waals surface area contributed by atoms with Crippen LogP contribution in [-0.2, 0) is 11.2 Å². The highest BCUT2D eigenvalue weighted by Gasteiger charge is 2.09. The van der Waals surface area contributed by atoms with Gasteiger partial charge in [0.1, 0.15) is 18.1 Å². The van der Waals surface area contributed by atoms with Crippen LogP contribution in [0.2, 0.25) is 0 Å². The molecule has 0 saturated carbocycles. The van der Waals surface area contributed by atoms with Gasteiger partial charge in [-0.2, -0.15) is 0 Å². The van der Waals surface area contributed by atoms with E-state index in [1.807, 2.05) is 36.4 Å². The Morgan fingerprint density at radius 1 is 0.958 bits per heavy atom. The molecule has 1 aromatic carbocycles. The average molecular weight is 327 g/mol. The molecule has 24 heavy (non-hydrogen) atoms. The van der Waals surface area contributed by atoms with Crippen molar-refractivity contribution in [3.63, 3.8) is 0 Å². The van der Waals surface area contributed by atoms with Crippen molar-refractivity contribution in [1.82, 2.24) is 0 Å². The van der Waals surface area contributed by atoms with Gasteiger partial charge in [-0.05, 0) is 49.2 Å². The van der Waals surface area contributed by atoms with Crippen LogP contribution < -0.4 is 4.74 Å². The molecule has 0 unspecified atom stereocenters. The Hall–Kier alpha value is -2.23. The molecule has 0 N–H and O–H groups in total. The molecule has 0 amide bonds. The smallest absolute Gasteiger partial charge is 0.216 e. The lowest BCUT2D eigenvalue weighted by Crippen LogP contribution is -2.01. The number of hydrogen-bond donors (Lipinski definition) is 0. The first kappa shape index (κ1) is 16.6. The van der Waals surface area contributed by atoms with Crippen molar-refractivity contribution in [3.8, 4) is 5.75 Å². The summed E-state index contributed by atoms with van der Waals surface area (Å²) in [5, 5.41) is 0. The molecule has 0 fully saturated rings. The zero-order chi connectivity index (χ0) is 16.5. The van der Waals surface area contributed by atoms with E-state index in [9.17, 15) is 0 Å². The van der Waals surface area contributed by atoms with Gasteiger partial charge in [-0.3, -0.25) is 0 Å². The van der Waals surface area contributed by atoms with Gasteiger partial charge in [0, 0.05) is 12.0 Å². The molecule has 0 aliphatic carbocycles. The number of furan rings is 1. The van der Waals surface area contributed by atoms with Crippen LogP contribution in [-0.4, -0.2) is 25.7 Å². The number of aliphatic imine (C=N–C) groups is 1. The summed E-state index contributed by atoms with van der Waals surface area (Å²) in [6.07, 6.45) is 8.79. The molecule has 0 radical (unpaired) electrons. The largest absolute Gasteiger partial charge is 0.494 e. The van der Waals surface area contributed by atoms with Crippen molar-refractivity contribution in [1.29, 1.82) is 0 Å². The SMILES string of the molecule is c1coc(CCCCCCCOc2ccc(C3=NCCO3)cc2)c1. The van der Waals surface area contributed by atoms with Crippen LogP contribution in [0.3, 0.4) is 0 Å². The first-order chi connectivity index (χ1) is 11.9. The highest BCUT2D eigenvalue weighted by atomic mass is 16.5. The Balaban J connectivity index is 1.24. The van der Waals surface area contributed by atoms with Gasteiger partial charge in [0.15, 0.2) is 0 Å². The molecule has 0 spiro atoms. The molecule has 4 nitrogen and oxygen atoms in total. The van der Waals surface area contributed by atoms with Crippen molar-refractivity contribution < 1.29 is 13.9 Å². The first-order valence-electron chi connectivity index (χ1n) is 8.85. The summed E-state index contributed by atoms with van der Waals surface area (Å²) in [5.74, 6) is 2.75. The Bertz CT molecular complexity index is 617. The van der Waals surface area contributed by atoms with E-state index in [-0.39, 0.29) is 0 Å². The van der Waals surface area contributed by atoms with Crippen molar-refractivity contribution in [2.45, 2.75) is 38.5 Å². The normalized spacial score (nSPS) is 13.6. The molecule has 128 valence electrons. The van der Waals surface area contributed by atoms with Crippen LogP contribution in [0.25, 0.3) is 0 Å². The van der Waals surface area contributed by atoms with Crippen LogP contribution in [0.1, 0.15) is 43.4 Å². The fourth-order valence-corrected chi connectivity index (χ4v) is 2.78. The van der Waals surface area contributed by atoms with E-state index in [0.29, 0.717) is 6.61 Å². The number of benzene rings is 1. The van der Waals surface area contributed by atoms with E-state index in [4.69, 9.17) is 13.9 Å². The van der Waals surface area contributed by atoms with Crippen LogP contribution in [0.4, 0.5) is 0 Å².